The van der Waals surface area contributed by atoms with Crippen LogP contribution in [0.5, 0.6) is 0 Å². The summed E-state index contributed by atoms with van der Waals surface area (Å²) in [7, 11) is 0. The Morgan fingerprint density at radius 3 is 2.86 bits per heavy atom. The molecule has 1 fully saturated rings. The highest BCUT2D eigenvalue weighted by Crippen LogP contribution is 2.27. The zero-order valence-electron chi connectivity index (χ0n) is 12.6. The second-order valence-corrected chi connectivity index (χ2v) is 6.44. The molecule has 1 saturated heterocycles. The van der Waals surface area contributed by atoms with Crippen LogP contribution in [0.1, 0.15) is 39.5 Å². The van der Waals surface area contributed by atoms with E-state index in [1.807, 2.05) is 18.2 Å². The molecule has 21 heavy (non-hydrogen) atoms. The molecule has 0 spiro atoms. The van der Waals surface area contributed by atoms with Gasteiger partial charge >= 0.3 is 0 Å². The molecule has 1 amide bonds. The van der Waals surface area contributed by atoms with Gasteiger partial charge in [0.25, 0.3) is 5.91 Å². The fourth-order valence-corrected chi connectivity index (χ4v) is 2.33. The minimum absolute atomic E-state index is 0.0913. The number of nitrogens with one attached hydrogen (secondary N) is 1. The minimum Gasteiger partial charge on any atom is -0.440 e. The number of fused-ring (bicyclic) bond motifs is 1. The van der Waals surface area contributed by atoms with Crippen LogP contribution in [0, 0.1) is 0 Å². The summed E-state index contributed by atoms with van der Waals surface area (Å²) in [5, 5.41) is 2.88. The maximum absolute atomic E-state index is 12.0. The maximum atomic E-state index is 12.0. The van der Waals surface area contributed by atoms with Gasteiger partial charge in [0.1, 0.15) is 11.6 Å². The highest BCUT2D eigenvalue weighted by molar-refractivity contribution is 5.95. The Labute approximate surface area is 123 Å². The smallest absolute Gasteiger partial charge is 0.253 e. The number of oxazole rings is 1. The van der Waals surface area contributed by atoms with E-state index in [9.17, 15) is 4.79 Å². The van der Waals surface area contributed by atoms with Gasteiger partial charge in [-0.15, -0.1) is 0 Å². The topological polar surface area (TPSA) is 64.4 Å². The number of carbonyl (C=O) groups is 1. The summed E-state index contributed by atoms with van der Waals surface area (Å²) >= 11 is 0. The first-order valence-corrected chi connectivity index (χ1v) is 7.27. The molecule has 2 heterocycles. The summed E-state index contributed by atoms with van der Waals surface area (Å²) in [4.78, 5) is 16.5. The third-order valence-electron chi connectivity index (χ3n) is 3.52. The Balaban J connectivity index is 1.82. The summed E-state index contributed by atoms with van der Waals surface area (Å²) in [6.45, 7) is 6.82. The number of benzene rings is 1. The van der Waals surface area contributed by atoms with Crippen molar-refractivity contribution in [1.82, 2.24) is 4.98 Å². The standard InChI is InChI=1S/C16H20N2O3/c1-16(2,3)15-18-11-9-10(6-7-12(11)21-15)17-14(19)13-5-4-8-20-13/h6-7,9,13H,4-5,8H2,1-3H3,(H,17,19). The first-order valence-electron chi connectivity index (χ1n) is 7.27. The molecule has 1 aliphatic heterocycles. The molecular formula is C16H20N2O3. The summed E-state index contributed by atoms with van der Waals surface area (Å²) in [5.41, 5.74) is 2.07. The van der Waals surface area contributed by atoms with Gasteiger partial charge in [-0.3, -0.25) is 4.79 Å². The number of aromatic nitrogens is 1. The van der Waals surface area contributed by atoms with E-state index in [1.54, 1.807) is 0 Å². The molecule has 2 aromatic rings. The second-order valence-electron chi connectivity index (χ2n) is 6.44. The molecule has 112 valence electrons. The van der Waals surface area contributed by atoms with Gasteiger partial charge in [-0.25, -0.2) is 4.98 Å². The SMILES string of the molecule is CC(C)(C)c1nc2cc(NC(=O)C3CCCO3)ccc2o1. The molecule has 1 atom stereocenters. The van der Waals surface area contributed by atoms with Crippen LogP contribution in [0.15, 0.2) is 22.6 Å². The van der Waals surface area contributed by atoms with Crippen molar-refractivity contribution in [3.8, 4) is 0 Å². The lowest BCUT2D eigenvalue weighted by Gasteiger charge is -2.11. The van der Waals surface area contributed by atoms with E-state index < -0.39 is 0 Å². The summed E-state index contributed by atoms with van der Waals surface area (Å²) in [6, 6.07) is 5.50. The fraction of sp³-hybridized carbons (Fsp3) is 0.500. The van der Waals surface area contributed by atoms with Crippen LogP contribution < -0.4 is 5.32 Å². The number of amides is 1. The Kier molecular flexibility index (Phi) is 3.45. The summed E-state index contributed by atoms with van der Waals surface area (Å²) < 4.78 is 11.1. The zero-order chi connectivity index (χ0) is 15.0. The van der Waals surface area contributed by atoms with Crippen LogP contribution >= 0.6 is 0 Å². The van der Waals surface area contributed by atoms with Crippen LogP contribution in [-0.2, 0) is 14.9 Å². The van der Waals surface area contributed by atoms with E-state index >= 15 is 0 Å². The van der Waals surface area contributed by atoms with Crippen molar-refractivity contribution >= 4 is 22.7 Å². The lowest BCUT2D eigenvalue weighted by atomic mass is 9.97. The highest BCUT2D eigenvalue weighted by Gasteiger charge is 2.24. The Morgan fingerprint density at radius 2 is 2.19 bits per heavy atom. The number of anilines is 1. The summed E-state index contributed by atoms with van der Waals surface area (Å²) in [6.07, 6.45) is 1.39. The van der Waals surface area contributed by atoms with Crippen LogP contribution in [0.3, 0.4) is 0 Å². The van der Waals surface area contributed by atoms with E-state index in [0.717, 1.165) is 29.6 Å². The van der Waals surface area contributed by atoms with E-state index in [4.69, 9.17) is 9.15 Å². The molecule has 0 saturated carbocycles. The predicted octanol–water partition coefficient (Wildman–Crippen LogP) is 3.24. The fourth-order valence-electron chi connectivity index (χ4n) is 2.33. The molecule has 1 aromatic heterocycles. The number of hydrogen-bond donors (Lipinski definition) is 1. The average molecular weight is 288 g/mol. The highest BCUT2D eigenvalue weighted by atomic mass is 16.5. The Hall–Kier alpha value is -1.88. The Bertz CT molecular complexity index is 664. The van der Waals surface area contributed by atoms with Crippen molar-refractivity contribution in [2.45, 2.75) is 45.1 Å². The van der Waals surface area contributed by atoms with E-state index in [1.165, 1.54) is 0 Å². The number of hydrogen-bond acceptors (Lipinski definition) is 4. The second kappa shape index (κ2) is 5.15. The third kappa shape index (κ3) is 2.93. The molecule has 3 rings (SSSR count). The van der Waals surface area contributed by atoms with Gasteiger partial charge in [0, 0.05) is 17.7 Å². The predicted molar refractivity (Wildman–Crippen MR) is 80.3 cm³/mol. The normalized spacial score (nSPS) is 19.1. The van der Waals surface area contributed by atoms with Crippen molar-refractivity contribution in [2.75, 3.05) is 11.9 Å². The van der Waals surface area contributed by atoms with Crippen LogP contribution in [0.2, 0.25) is 0 Å². The molecule has 1 unspecified atom stereocenters. The lowest BCUT2D eigenvalue weighted by molar-refractivity contribution is -0.124. The van der Waals surface area contributed by atoms with Gasteiger partial charge in [0.15, 0.2) is 5.58 Å². The summed E-state index contributed by atoms with van der Waals surface area (Å²) in [5.74, 6) is 0.603. The number of rotatable bonds is 2. The molecule has 1 aromatic carbocycles. The van der Waals surface area contributed by atoms with Gasteiger partial charge in [0.2, 0.25) is 5.89 Å². The van der Waals surface area contributed by atoms with Crippen LogP contribution in [0.25, 0.3) is 11.1 Å². The molecule has 5 nitrogen and oxygen atoms in total. The van der Waals surface area contributed by atoms with Gasteiger partial charge < -0.3 is 14.5 Å². The number of ether oxygens (including phenoxy) is 1. The third-order valence-corrected chi connectivity index (χ3v) is 3.52. The molecule has 1 N–H and O–H groups in total. The molecule has 0 aliphatic carbocycles. The van der Waals surface area contributed by atoms with Crippen molar-refractivity contribution < 1.29 is 13.9 Å². The first kappa shape index (κ1) is 14.1. The van der Waals surface area contributed by atoms with Crippen molar-refractivity contribution in [3.63, 3.8) is 0 Å². The van der Waals surface area contributed by atoms with E-state index in [0.29, 0.717) is 12.5 Å². The minimum atomic E-state index is -0.330. The van der Waals surface area contributed by atoms with E-state index in [2.05, 4.69) is 31.1 Å². The first-order chi connectivity index (χ1) is 9.93. The monoisotopic (exact) mass is 288 g/mol. The van der Waals surface area contributed by atoms with E-state index in [-0.39, 0.29) is 17.4 Å². The van der Waals surface area contributed by atoms with Crippen molar-refractivity contribution in [3.05, 3.63) is 24.1 Å². The number of carbonyl (C=O) groups excluding carboxylic acids is 1. The molecule has 0 bridgehead atoms. The van der Waals surface area contributed by atoms with Gasteiger partial charge in [-0.05, 0) is 31.0 Å². The molecule has 5 heteroatoms. The maximum Gasteiger partial charge on any atom is 0.253 e. The van der Waals surface area contributed by atoms with Gasteiger partial charge in [-0.1, -0.05) is 20.8 Å². The number of nitrogens with zero attached hydrogens (tertiary/aromatic N) is 1. The molecule has 0 radical (unpaired) electrons. The lowest BCUT2D eigenvalue weighted by Crippen LogP contribution is -2.26. The van der Waals surface area contributed by atoms with Gasteiger partial charge in [0.05, 0.1) is 0 Å². The molecule has 1 aliphatic rings. The van der Waals surface area contributed by atoms with Crippen LogP contribution in [0.4, 0.5) is 5.69 Å². The van der Waals surface area contributed by atoms with Crippen molar-refractivity contribution in [2.24, 2.45) is 0 Å². The quantitative estimate of drug-likeness (QED) is 0.921. The molecular weight excluding hydrogens is 268 g/mol. The Morgan fingerprint density at radius 1 is 1.38 bits per heavy atom. The van der Waals surface area contributed by atoms with Gasteiger partial charge in [-0.2, -0.15) is 0 Å². The van der Waals surface area contributed by atoms with Crippen LogP contribution in [-0.4, -0.2) is 23.6 Å². The average Bonchev–Trinajstić information content (AvgIpc) is 3.06. The zero-order valence-corrected chi connectivity index (χ0v) is 12.6. The largest absolute Gasteiger partial charge is 0.440 e. The van der Waals surface area contributed by atoms with Crippen molar-refractivity contribution in [1.29, 1.82) is 0 Å².